The molecular weight excluding hydrogens is 396 g/mol. The molecular formula is C24H19ClN4O. The molecule has 1 aliphatic heterocycles. The SMILES string of the molecule is Cc1nn(-c2ccccc2)c2c1[C@H](c1ccc(Cl)cc1)N(c1ccccc1)C(=O)N2. The lowest BCUT2D eigenvalue weighted by molar-refractivity contribution is 0.254. The van der Waals surface area contributed by atoms with Crippen LogP contribution in [-0.4, -0.2) is 15.8 Å². The number of amides is 2. The van der Waals surface area contributed by atoms with Crippen molar-refractivity contribution in [1.82, 2.24) is 9.78 Å². The van der Waals surface area contributed by atoms with Crippen LogP contribution in [0.15, 0.2) is 84.9 Å². The summed E-state index contributed by atoms with van der Waals surface area (Å²) in [4.78, 5) is 15.1. The molecule has 0 saturated heterocycles. The second-order valence-corrected chi connectivity index (χ2v) is 7.62. The Morgan fingerprint density at radius 1 is 0.867 bits per heavy atom. The summed E-state index contributed by atoms with van der Waals surface area (Å²) in [5.41, 5.74) is 4.49. The molecule has 0 aliphatic carbocycles. The topological polar surface area (TPSA) is 50.2 Å². The number of rotatable bonds is 3. The fourth-order valence-electron chi connectivity index (χ4n) is 3.97. The Morgan fingerprint density at radius 3 is 2.10 bits per heavy atom. The maximum atomic E-state index is 13.3. The van der Waals surface area contributed by atoms with Crippen LogP contribution in [0.25, 0.3) is 5.69 Å². The first-order valence-electron chi connectivity index (χ1n) is 9.69. The first-order chi connectivity index (χ1) is 14.6. The predicted octanol–water partition coefficient (Wildman–Crippen LogP) is 5.98. The van der Waals surface area contributed by atoms with Gasteiger partial charge in [-0.25, -0.2) is 9.48 Å². The third kappa shape index (κ3) is 3.04. The Labute approximate surface area is 179 Å². The van der Waals surface area contributed by atoms with Gasteiger partial charge in [-0.15, -0.1) is 0 Å². The zero-order chi connectivity index (χ0) is 20.7. The highest BCUT2D eigenvalue weighted by atomic mass is 35.5. The Hall–Kier alpha value is -3.57. The van der Waals surface area contributed by atoms with Crippen molar-refractivity contribution in [2.24, 2.45) is 0 Å². The summed E-state index contributed by atoms with van der Waals surface area (Å²) in [7, 11) is 0. The molecule has 1 atom stereocenters. The molecule has 2 heterocycles. The molecule has 3 aromatic carbocycles. The number of aryl methyl sites for hydroxylation is 1. The average Bonchev–Trinajstić information content (AvgIpc) is 3.10. The van der Waals surface area contributed by atoms with Gasteiger partial charge in [0.05, 0.1) is 17.4 Å². The van der Waals surface area contributed by atoms with E-state index in [-0.39, 0.29) is 12.1 Å². The number of anilines is 2. The summed E-state index contributed by atoms with van der Waals surface area (Å²) in [5.74, 6) is 0.691. The Balaban J connectivity index is 1.74. The molecule has 148 valence electrons. The van der Waals surface area contributed by atoms with E-state index in [9.17, 15) is 4.79 Å². The van der Waals surface area contributed by atoms with E-state index >= 15 is 0 Å². The lowest BCUT2D eigenvalue weighted by atomic mass is 9.94. The minimum absolute atomic E-state index is 0.203. The minimum atomic E-state index is -0.328. The average molecular weight is 415 g/mol. The van der Waals surface area contributed by atoms with Crippen LogP contribution in [0, 0.1) is 6.92 Å². The zero-order valence-corrected chi connectivity index (χ0v) is 17.0. The molecule has 1 N–H and O–H groups in total. The summed E-state index contributed by atoms with van der Waals surface area (Å²) < 4.78 is 1.80. The lowest BCUT2D eigenvalue weighted by Crippen LogP contribution is -2.43. The Bertz CT molecular complexity index is 1200. The third-order valence-electron chi connectivity index (χ3n) is 5.30. The number of hydrogen-bond acceptors (Lipinski definition) is 2. The summed E-state index contributed by atoms with van der Waals surface area (Å²) in [6, 6.07) is 26.6. The second kappa shape index (κ2) is 7.35. The fourth-order valence-corrected chi connectivity index (χ4v) is 4.09. The third-order valence-corrected chi connectivity index (χ3v) is 5.56. The van der Waals surface area contributed by atoms with E-state index in [0.717, 1.165) is 28.2 Å². The van der Waals surface area contributed by atoms with Gasteiger partial charge in [0.2, 0.25) is 0 Å². The van der Waals surface area contributed by atoms with Crippen molar-refractivity contribution in [3.8, 4) is 5.69 Å². The molecule has 0 radical (unpaired) electrons. The van der Waals surface area contributed by atoms with E-state index in [1.54, 1.807) is 9.58 Å². The van der Waals surface area contributed by atoms with Crippen molar-refractivity contribution in [2.75, 3.05) is 10.2 Å². The molecule has 1 aromatic heterocycles. The molecule has 5 nitrogen and oxygen atoms in total. The molecule has 4 aromatic rings. The van der Waals surface area contributed by atoms with E-state index in [4.69, 9.17) is 16.7 Å². The molecule has 5 rings (SSSR count). The number of carbonyl (C=O) groups excluding carboxylic acids is 1. The van der Waals surface area contributed by atoms with E-state index in [0.29, 0.717) is 10.8 Å². The van der Waals surface area contributed by atoms with Crippen LogP contribution in [-0.2, 0) is 0 Å². The van der Waals surface area contributed by atoms with Gasteiger partial charge in [-0.05, 0) is 48.9 Å². The van der Waals surface area contributed by atoms with Crippen LogP contribution >= 0.6 is 11.6 Å². The van der Waals surface area contributed by atoms with Crippen LogP contribution in [0.1, 0.15) is 22.9 Å². The number of para-hydroxylation sites is 2. The number of nitrogens with one attached hydrogen (secondary N) is 1. The Kier molecular flexibility index (Phi) is 4.52. The van der Waals surface area contributed by atoms with Gasteiger partial charge in [-0.2, -0.15) is 5.10 Å². The van der Waals surface area contributed by atoms with Crippen LogP contribution in [0.2, 0.25) is 5.02 Å². The fraction of sp³-hybridized carbons (Fsp3) is 0.0833. The van der Waals surface area contributed by atoms with Gasteiger partial charge in [-0.1, -0.05) is 60.1 Å². The molecule has 0 fully saturated rings. The maximum Gasteiger partial charge on any atom is 0.328 e. The first kappa shape index (κ1) is 18.5. The number of fused-ring (bicyclic) bond motifs is 1. The predicted molar refractivity (Wildman–Crippen MR) is 120 cm³/mol. The monoisotopic (exact) mass is 414 g/mol. The van der Waals surface area contributed by atoms with E-state index < -0.39 is 0 Å². The molecule has 30 heavy (non-hydrogen) atoms. The van der Waals surface area contributed by atoms with Gasteiger partial charge in [-0.3, -0.25) is 10.2 Å². The van der Waals surface area contributed by atoms with Gasteiger partial charge in [0.25, 0.3) is 0 Å². The molecule has 0 spiro atoms. The summed E-state index contributed by atoms with van der Waals surface area (Å²) in [6.45, 7) is 1.97. The highest BCUT2D eigenvalue weighted by molar-refractivity contribution is 6.30. The van der Waals surface area contributed by atoms with E-state index in [1.165, 1.54) is 0 Å². The van der Waals surface area contributed by atoms with Crippen molar-refractivity contribution in [3.63, 3.8) is 0 Å². The molecule has 0 saturated carbocycles. The molecule has 1 aliphatic rings. The van der Waals surface area contributed by atoms with Gasteiger partial charge in [0.15, 0.2) is 0 Å². The smallest absolute Gasteiger partial charge is 0.291 e. The van der Waals surface area contributed by atoms with E-state index in [2.05, 4.69) is 5.32 Å². The molecule has 0 unspecified atom stereocenters. The number of urea groups is 1. The normalized spacial score (nSPS) is 15.6. The van der Waals surface area contributed by atoms with Crippen molar-refractivity contribution < 1.29 is 4.79 Å². The van der Waals surface area contributed by atoms with Gasteiger partial charge in [0.1, 0.15) is 5.82 Å². The van der Waals surface area contributed by atoms with Crippen LogP contribution in [0.4, 0.5) is 16.3 Å². The number of halogens is 1. The van der Waals surface area contributed by atoms with Crippen molar-refractivity contribution in [1.29, 1.82) is 0 Å². The first-order valence-corrected chi connectivity index (χ1v) is 10.1. The number of aromatic nitrogens is 2. The summed E-state index contributed by atoms with van der Waals surface area (Å²) in [6.07, 6.45) is 0. The highest BCUT2D eigenvalue weighted by Gasteiger charge is 2.39. The molecule has 0 bridgehead atoms. The van der Waals surface area contributed by atoms with Gasteiger partial charge in [0, 0.05) is 16.3 Å². The van der Waals surface area contributed by atoms with Gasteiger partial charge < -0.3 is 0 Å². The summed E-state index contributed by atoms with van der Waals surface area (Å²) >= 11 is 6.14. The summed E-state index contributed by atoms with van der Waals surface area (Å²) in [5, 5.41) is 8.49. The standard InChI is InChI=1S/C24H19ClN4O/c1-16-21-22(17-12-14-18(25)15-13-17)28(19-8-4-2-5-9-19)24(30)26-23(21)29(27-16)20-10-6-3-7-11-20/h2-15,22H,1H3,(H,26,30)/t22-/m0/s1. The largest absolute Gasteiger partial charge is 0.328 e. The van der Waals surface area contributed by atoms with Crippen molar-refractivity contribution >= 4 is 29.1 Å². The van der Waals surface area contributed by atoms with Crippen LogP contribution in [0.5, 0.6) is 0 Å². The maximum absolute atomic E-state index is 13.3. The van der Waals surface area contributed by atoms with Gasteiger partial charge >= 0.3 is 6.03 Å². The molecule has 2 amide bonds. The zero-order valence-electron chi connectivity index (χ0n) is 16.3. The number of nitrogens with zero attached hydrogens (tertiary/aromatic N) is 3. The quantitative estimate of drug-likeness (QED) is 0.448. The number of carbonyl (C=O) groups is 1. The van der Waals surface area contributed by atoms with Crippen molar-refractivity contribution in [2.45, 2.75) is 13.0 Å². The minimum Gasteiger partial charge on any atom is -0.291 e. The second-order valence-electron chi connectivity index (χ2n) is 7.18. The highest BCUT2D eigenvalue weighted by Crippen LogP contribution is 2.43. The van der Waals surface area contributed by atoms with Crippen molar-refractivity contribution in [3.05, 3.63) is 107 Å². The van der Waals surface area contributed by atoms with Crippen LogP contribution < -0.4 is 10.2 Å². The van der Waals surface area contributed by atoms with Crippen LogP contribution in [0.3, 0.4) is 0 Å². The molecule has 6 heteroatoms. The number of hydrogen-bond donors (Lipinski definition) is 1. The number of benzene rings is 3. The lowest BCUT2D eigenvalue weighted by Gasteiger charge is -2.36. The Morgan fingerprint density at radius 2 is 1.47 bits per heavy atom. The van der Waals surface area contributed by atoms with E-state index in [1.807, 2.05) is 91.9 Å².